The fourth-order valence-corrected chi connectivity index (χ4v) is 2.79. The largest absolute Gasteiger partial charge is 0.325 e. The number of hydrogen-bond acceptors (Lipinski definition) is 5. The summed E-state index contributed by atoms with van der Waals surface area (Å²) >= 11 is 0. The van der Waals surface area contributed by atoms with Gasteiger partial charge in [0, 0.05) is 19.2 Å². The molecule has 0 aliphatic heterocycles. The zero-order valence-electron chi connectivity index (χ0n) is 11.4. The summed E-state index contributed by atoms with van der Waals surface area (Å²) in [6.07, 6.45) is 0.409. The third-order valence-electron chi connectivity index (χ3n) is 1.82. The molecule has 0 aromatic rings. The zero-order chi connectivity index (χ0) is 13.8. The highest BCUT2D eigenvalue weighted by molar-refractivity contribution is 7.44. The van der Waals surface area contributed by atoms with E-state index in [0.29, 0.717) is 25.1 Å². The van der Waals surface area contributed by atoms with Crippen molar-refractivity contribution in [1.29, 1.82) is 10.7 Å². The van der Waals surface area contributed by atoms with Crippen LogP contribution in [0.3, 0.4) is 0 Å². The van der Waals surface area contributed by atoms with Gasteiger partial charge >= 0.3 is 0 Å². The monoisotopic (exact) mass is 261 g/mol. The van der Waals surface area contributed by atoms with Crippen molar-refractivity contribution in [2.75, 3.05) is 13.7 Å². The van der Waals surface area contributed by atoms with E-state index in [1.54, 1.807) is 7.11 Å². The first-order valence-corrected chi connectivity index (χ1v) is 6.65. The van der Waals surface area contributed by atoms with E-state index in [-0.39, 0.29) is 0 Å². The highest BCUT2D eigenvalue weighted by atomic mass is 31.2. The topological polar surface area (TPSA) is 69.3 Å². The smallest absolute Gasteiger partial charge is 0.258 e. The summed E-state index contributed by atoms with van der Waals surface area (Å²) in [6, 6.07) is 2.80. The Hall–Kier alpha value is -0.530. The second-order valence-electron chi connectivity index (χ2n) is 3.73. The van der Waals surface area contributed by atoms with E-state index in [4.69, 9.17) is 19.7 Å². The molecule has 0 amide bonds. The summed E-state index contributed by atoms with van der Waals surface area (Å²) < 4.78 is 13.1. The molecule has 100 valence electrons. The van der Waals surface area contributed by atoms with Gasteiger partial charge < -0.3 is 14.5 Å². The summed E-state index contributed by atoms with van der Waals surface area (Å²) in [5.74, 6) is 0. The van der Waals surface area contributed by atoms with Gasteiger partial charge in [-0.25, -0.2) is 4.67 Å². The van der Waals surface area contributed by atoms with E-state index in [1.165, 1.54) is 0 Å². The van der Waals surface area contributed by atoms with Crippen LogP contribution in [0.2, 0.25) is 0 Å². The quantitative estimate of drug-likeness (QED) is 0.434. The molecule has 0 aromatic carbocycles. The lowest BCUT2D eigenvalue weighted by molar-refractivity contribution is 0.197. The second kappa shape index (κ2) is 11.9. The van der Waals surface area contributed by atoms with Crippen LogP contribution < -0.4 is 0 Å². The Kier molecular flexibility index (Phi) is 13.2. The number of nitrogens with one attached hydrogen (secondary N) is 1. The van der Waals surface area contributed by atoms with Crippen LogP contribution >= 0.6 is 8.53 Å². The summed E-state index contributed by atoms with van der Waals surface area (Å²) in [5.41, 5.74) is 0. The Labute approximate surface area is 106 Å². The summed E-state index contributed by atoms with van der Waals surface area (Å²) in [6.45, 7) is 11.4. The average molecular weight is 261 g/mol. The molecule has 0 bridgehead atoms. The van der Waals surface area contributed by atoms with Crippen molar-refractivity contribution in [2.24, 2.45) is 0 Å². The SMILES string of the molecule is C=N.COP(OCCC#N)N(C(C)C)C(C)C. The van der Waals surface area contributed by atoms with Crippen LogP contribution in [0.5, 0.6) is 0 Å². The fraction of sp³-hybridized carbons (Fsp3) is 0.818. The lowest BCUT2D eigenvalue weighted by atomic mass is 10.3. The molecule has 0 fully saturated rings. The van der Waals surface area contributed by atoms with Crippen molar-refractivity contribution in [3.63, 3.8) is 0 Å². The van der Waals surface area contributed by atoms with Crippen molar-refractivity contribution >= 4 is 15.2 Å². The lowest BCUT2D eigenvalue weighted by Gasteiger charge is -2.34. The highest BCUT2D eigenvalue weighted by Crippen LogP contribution is 2.44. The zero-order valence-corrected chi connectivity index (χ0v) is 12.3. The van der Waals surface area contributed by atoms with Crippen LogP contribution in [0.4, 0.5) is 0 Å². The maximum absolute atomic E-state index is 8.43. The normalized spacial score (nSPS) is 12.2. The maximum atomic E-state index is 8.43. The number of nitriles is 1. The molecule has 17 heavy (non-hydrogen) atoms. The number of hydrogen-bond donors (Lipinski definition) is 1. The maximum Gasteiger partial charge on any atom is 0.258 e. The molecule has 0 aliphatic rings. The van der Waals surface area contributed by atoms with E-state index in [0.717, 1.165) is 0 Å². The van der Waals surface area contributed by atoms with E-state index in [9.17, 15) is 0 Å². The Morgan fingerprint density at radius 3 is 2.06 bits per heavy atom. The summed E-state index contributed by atoms with van der Waals surface area (Å²) in [7, 11) is 0.618. The minimum atomic E-state index is -1.03. The van der Waals surface area contributed by atoms with E-state index in [2.05, 4.69) is 45.2 Å². The second-order valence-corrected chi connectivity index (χ2v) is 5.29. The minimum absolute atomic E-state index is 0.373. The van der Waals surface area contributed by atoms with Gasteiger partial charge in [-0.1, -0.05) is 0 Å². The number of nitrogens with zero attached hydrogens (tertiary/aromatic N) is 2. The molecule has 0 rings (SSSR count). The molecule has 0 aliphatic carbocycles. The molecular formula is C11H24N3O2P. The molecule has 5 nitrogen and oxygen atoms in total. The van der Waals surface area contributed by atoms with Gasteiger partial charge in [0.1, 0.15) is 0 Å². The number of rotatable bonds is 7. The molecule has 0 saturated carbocycles. The van der Waals surface area contributed by atoms with Crippen molar-refractivity contribution in [1.82, 2.24) is 4.67 Å². The van der Waals surface area contributed by atoms with Gasteiger partial charge in [0.15, 0.2) is 0 Å². The molecule has 0 spiro atoms. The molecule has 0 heterocycles. The van der Waals surface area contributed by atoms with Gasteiger partial charge in [-0.15, -0.1) is 0 Å². The predicted molar refractivity (Wildman–Crippen MR) is 72.1 cm³/mol. The molecule has 1 unspecified atom stereocenters. The van der Waals surface area contributed by atoms with Gasteiger partial charge in [-0.05, 0) is 34.4 Å². The van der Waals surface area contributed by atoms with Crippen molar-refractivity contribution in [3.05, 3.63) is 0 Å². The van der Waals surface area contributed by atoms with Crippen LogP contribution in [0.25, 0.3) is 0 Å². The third kappa shape index (κ3) is 8.23. The van der Waals surface area contributed by atoms with Crippen molar-refractivity contribution in [3.8, 4) is 6.07 Å². The Balaban J connectivity index is 0. The summed E-state index contributed by atoms with van der Waals surface area (Å²) in [4.78, 5) is 0. The lowest BCUT2D eigenvalue weighted by Crippen LogP contribution is -2.33. The van der Waals surface area contributed by atoms with Crippen LogP contribution in [0.15, 0.2) is 0 Å². The summed E-state index contributed by atoms with van der Waals surface area (Å²) in [5, 5.41) is 13.9. The van der Waals surface area contributed by atoms with Crippen LogP contribution in [-0.4, -0.2) is 37.2 Å². The molecule has 0 saturated heterocycles. The first kappa shape index (κ1) is 18.8. The van der Waals surface area contributed by atoms with E-state index >= 15 is 0 Å². The molecule has 0 radical (unpaired) electrons. The third-order valence-corrected chi connectivity index (χ3v) is 3.84. The molecular weight excluding hydrogens is 237 g/mol. The van der Waals surface area contributed by atoms with Crippen molar-refractivity contribution < 1.29 is 9.05 Å². The van der Waals surface area contributed by atoms with Crippen molar-refractivity contribution in [2.45, 2.75) is 46.2 Å². The molecule has 1 atom stereocenters. The Morgan fingerprint density at radius 1 is 1.29 bits per heavy atom. The fourth-order valence-electron chi connectivity index (χ4n) is 1.36. The average Bonchev–Trinajstić information content (AvgIpc) is 2.29. The molecule has 0 aromatic heterocycles. The van der Waals surface area contributed by atoms with Gasteiger partial charge in [0.25, 0.3) is 8.53 Å². The standard InChI is InChI=1S/C10H21N2O2P.CH3N/c1-9(2)12(10(3)4)15(13-5)14-8-6-7-11;1-2/h9-10H,6,8H2,1-5H3;2H,1H2. The van der Waals surface area contributed by atoms with Gasteiger partial charge in [-0.3, -0.25) is 0 Å². The Morgan fingerprint density at radius 2 is 1.76 bits per heavy atom. The van der Waals surface area contributed by atoms with E-state index < -0.39 is 8.53 Å². The van der Waals surface area contributed by atoms with Gasteiger partial charge in [0.05, 0.1) is 19.1 Å². The minimum Gasteiger partial charge on any atom is -0.325 e. The predicted octanol–water partition coefficient (Wildman–Crippen LogP) is 3.17. The van der Waals surface area contributed by atoms with E-state index in [1.807, 2.05) is 0 Å². The highest BCUT2D eigenvalue weighted by Gasteiger charge is 2.25. The first-order valence-electron chi connectivity index (χ1n) is 5.52. The molecule has 1 N–H and O–H groups in total. The van der Waals surface area contributed by atoms with Crippen LogP contribution in [0.1, 0.15) is 34.1 Å². The molecule has 6 heteroatoms. The van der Waals surface area contributed by atoms with Gasteiger partial charge in [0.2, 0.25) is 0 Å². The van der Waals surface area contributed by atoms with Crippen LogP contribution in [0, 0.1) is 16.7 Å². The first-order chi connectivity index (χ1) is 8.04. The van der Waals surface area contributed by atoms with Gasteiger partial charge in [-0.2, -0.15) is 5.26 Å². The Bertz CT molecular complexity index is 211. The van der Waals surface area contributed by atoms with Crippen LogP contribution in [-0.2, 0) is 9.05 Å².